The standard InChI is InChI=1S/C14H28N2O2/c1-13(2)9-12(10-14(3,4)16(13)17)11-15-5-7-18-8-6-15/h12,17H,5-11H2,1-4H3. The predicted molar refractivity (Wildman–Crippen MR) is 71.8 cm³/mol. The lowest BCUT2D eigenvalue weighted by Crippen LogP contribution is -2.60. The van der Waals surface area contributed by atoms with Crippen molar-refractivity contribution in [2.45, 2.75) is 51.6 Å². The van der Waals surface area contributed by atoms with Gasteiger partial charge in [0, 0.05) is 30.7 Å². The van der Waals surface area contributed by atoms with Gasteiger partial charge in [-0.25, -0.2) is 0 Å². The fourth-order valence-electron chi connectivity index (χ4n) is 3.76. The van der Waals surface area contributed by atoms with E-state index in [-0.39, 0.29) is 11.1 Å². The summed E-state index contributed by atoms with van der Waals surface area (Å²) in [4.78, 5) is 2.51. The first kappa shape index (κ1) is 14.3. The van der Waals surface area contributed by atoms with Crippen LogP contribution in [-0.2, 0) is 4.74 Å². The van der Waals surface area contributed by atoms with E-state index in [4.69, 9.17) is 4.74 Å². The molecule has 4 nitrogen and oxygen atoms in total. The number of piperidine rings is 1. The molecule has 106 valence electrons. The van der Waals surface area contributed by atoms with Crippen molar-refractivity contribution in [2.75, 3.05) is 32.8 Å². The van der Waals surface area contributed by atoms with Gasteiger partial charge in [0.15, 0.2) is 0 Å². The van der Waals surface area contributed by atoms with Crippen LogP contribution in [-0.4, -0.2) is 59.1 Å². The first-order valence-electron chi connectivity index (χ1n) is 7.11. The number of rotatable bonds is 2. The van der Waals surface area contributed by atoms with E-state index in [1.54, 1.807) is 5.06 Å². The molecule has 0 aromatic heterocycles. The van der Waals surface area contributed by atoms with E-state index in [1.165, 1.54) is 0 Å². The summed E-state index contributed by atoms with van der Waals surface area (Å²) in [6, 6.07) is 0. The fraction of sp³-hybridized carbons (Fsp3) is 1.00. The third kappa shape index (κ3) is 3.05. The maximum Gasteiger partial charge on any atom is 0.0594 e. The third-order valence-electron chi connectivity index (χ3n) is 4.34. The maximum atomic E-state index is 10.3. The zero-order valence-corrected chi connectivity index (χ0v) is 12.3. The van der Waals surface area contributed by atoms with Crippen LogP contribution in [0.25, 0.3) is 0 Å². The molecule has 0 aromatic rings. The van der Waals surface area contributed by atoms with Gasteiger partial charge in [-0.15, -0.1) is 0 Å². The zero-order valence-electron chi connectivity index (χ0n) is 12.3. The van der Waals surface area contributed by atoms with E-state index < -0.39 is 0 Å². The van der Waals surface area contributed by atoms with Crippen LogP contribution in [0, 0.1) is 5.92 Å². The largest absolute Gasteiger partial charge is 0.379 e. The van der Waals surface area contributed by atoms with E-state index in [0.717, 1.165) is 45.7 Å². The van der Waals surface area contributed by atoms with Crippen molar-refractivity contribution in [3.63, 3.8) is 0 Å². The molecule has 0 atom stereocenters. The summed E-state index contributed by atoms with van der Waals surface area (Å²) in [5, 5.41) is 11.9. The van der Waals surface area contributed by atoms with E-state index in [0.29, 0.717) is 5.92 Å². The molecule has 2 saturated heterocycles. The molecule has 4 heteroatoms. The molecule has 2 fully saturated rings. The van der Waals surface area contributed by atoms with Gasteiger partial charge < -0.3 is 9.94 Å². The van der Waals surface area contributed by atoms with E-state index in [2.05, 4.69) is 32.6 Å². The van der Waals surface area contributed by atoms with Crippen molar-refractivity contribution < 1.29 is 9.94 Å². The van der Waals surface area contributed by atoms with Crippen LogP contribution in [0.5, 0.6) is 0 Å². The Labute approximate surface area is 111 Å². The molecule has 0 unspecified atom stereocenters. The van der Waals surface area contributed by atoms with Crippen molar-refractivity contribution >= 4 is 0 Å². The molecule has 0 aliphatic carbocycles. The van der Waals surface area contributed by atoms with Crippen molar-refractivity contribution in [3.8, 4) is 0 Å². The van der Waals surface area contributed by atoms with Gasteiger partial charge in [0.1, 0.15) is 0 Å². The Morgan fingerprint density at radius 3 is 2.06 bits per heavy atom. The minimum atomic E-state index is -0.126. The van der Waals surface area contributed by atoms with Crippen LogP contribution < -0.4 is 0 Å². The number of hydroxylamine groups is 2. The Bertz CT molecular complexity index is 268. The normalized spacial score (nSPS) is 30.5. The maximum absolute atomic E-state index is 10.3. The second kappa shape index (κ2) is 5.08. The van der Waals surface area contributed by atoms with Crippen molar-refractivity contribution in [2.24, 2.45) is 5.92 Å². The van der Waals surface area contributed by atoms with Crippen LogP contribution >= 0.6 is 0 Å². The number of hydrogen-bond donors (Lipinski definition) is 1. The molecule has 0 aromatic carbocycles. The van der Waals surface area contributed by atoms with E-state index in [9.17, 15) is 5.21 Å². The molecule has 2 aliphatic rings. The quantitative estimate of drug-likeness (QED) is 0.819. The Morgan fingerprint density at radius 1 is 1.06 bits per heavy atom. The zero-order chi connectivity index (χ0) is 13.4. The minimum Gasteiger partial charge on any atom is -0.379 e. The highest BCUT2D eigenvalue weighted by atomic mass is 16.5. The van der Waals surface area contributed by atoms with Gasteiger partial charge in [-0.1, -0.05) is 0 Å². The van der Waals surface area contributed by atoms with Crippen LogP contribution in [0.4, 0.5) is 0 Å². The second-order valence-electron chi connectivity index (χ2n) is 7.12. The molecular formula is C14H28N2O2. The predicted octanol–water partition coefficient (Wildman–Crippen LogP) is 1.98. The second-order valence-corrected chi connectivity index (χ2v) is 7.12. The molecular weight excluding hydrogens is 228 g/mol. The van der Waals surface area contributed by atoms with Gasteiger partial charge in [-0.2, -0.15) is 5.06 Å². The summed E-state index contributed by atoms with van der Waals surface area (Å²) in [7, 11) is 0. The highest BCUT2D eigenvalue weighted by Gasteiger charge is 2.45. The minimum absolute atomic E-state index is 0.126. The van der Waals surface area contributed by atoms with Gasteiger partial charge in [0.05, 0.1) is 13.2 Å². The summed E-state index contributed by atoms with van der Waals surface area (Å²) in [6.07, 6.45) is 2.12. The van der Waals surface area contributed by atoms with Crippen molar-refractivity contribution in [3.05, 3.63) is 0 Å². The SMILES string of the molecule is CC1(C)CC(CN2CCOCC2)CC(C)(C)N1O. The van der Waals surface area contributed by atoms with Gasteiger partial charge in [0.2, 0.25) is 0 Å². The summed E-state index contributed by atoms with van der Waals surface area (Å²) < 4.78 is 5.40. The molecule has 0 bridgehead atoms. The Balaban J connectivity index is 1.97. The summed E-state index contributed by atoms with van der Waals surface area (Å²) in [6.45, 7) is 13.5. The Morgan fingerprint density at radius 2 is 1.56 bits per heavy atom. The lowest BCUT2D eigenvalue weighted by molar-refractivity contribution is -0.252. The third-order valence-corrected chi connectivity index (χ3v) is 4.34. The molecule has 1 N–H and O–H groups in total. The first-order valence-corrected chi connectivity index (χ1v) is 7.11. The molecule has 2 aliphatic heterocycles. The van der Waals surface area contributed by atoms with Crippen LogP contribution in [0.2, 0.25) is 0 Å². The van der Waals surface area contributed by atoms with Gasteiger partial charge in [-0.3, -0.25) is 4.90 Å². The van der Waals surface area contributed by atoms with Crippen LogP contribution in [0.3, 0.4) is 0 Å². The Kier molecular flexibility index (Phi) is 4.02. The molecule has 18 heavy (non-hydrogen) atoms. The van der Waals surface area contributed by atoms with Crippen molar-refractivity contribution in [1.29, 1.82) is 0 Å². The summed E-state index contributed by atoms with van der Waals surface area (Å²) in [5.74, 6) is 0.663. The van der Waals surface area contributed by atoms with Gasteiger partial charge in [-0.05, 0) is 46.5 Å². The average Bonchev–Trinajstić information content (AvgIpc) is 2.26. The van der Waals surface area contributed by atoms with Crippen molar-refractivity contribution in [1.82, 2.24) is 9.96 Å². The number of ether oxygens (including phenoxy) is 1. The summed E-state index contributed by atoms with van der Waals surface area (Å²) >= 11 is 0. The molecule has 0 spiro atoms. The molecule has 0 radical (unpaired) electrons. The molecule has 0 amide bonds. The first-order chi connectivity index (χ1) is 8.31. The van der Waals surface area contributed by atoms with Crippen LogP contribution in [0.15, 0.2) is 0 Å². The smallest absolute Gasteiger partial charge is 0.0594 e. The lowest BCUT2D eigenvalue weighted by atomic mass is 9.75. The molecule has 2 heterocycles. The lowest BCUT2D eigenvalue weighted by Gasteiger charge is -2.52. The van der Waals surface area contributed by atoms with Gasteiger partial charge in [0.25, 0.3) is 0 Å². The number of hydrogen-bond acceptors (Lipinski definition) is 4. The highest BCUT2D eigenvalue weighted by molar-refractivity contribution is 4.96. The summed E-state index contributed by atoms with van der Waals surface area (Å²) in [5.41, 5.74) is -0.253. The van der Waals surface area contributed by atoms with E-state index in [1.807, 2.05) is 0 Å². The Hall–Kier alpha value is -0.160. The van der Waals surface area contributed by atoms with Crippen LogP contribution in [0.1, 0.15) is 40.5 Å². The highest BCUT2D eigenvalue weighted by Crippen LogP contribution is 2.40. The number of nitrogens with zero attached hydrogens (tertiary/aromatic N) is 2. The van der Waals surface area contributed by atoms with Gasteiger partial charge >= 0.3 is 0 Å². The molecule has 2 rings (SSSR count). The number of morpholine rings is 1. The monoisotopic (exact) mass is 256 g/mol. The fourth-order valence-corrected chi connectivity index (χ4v) is 3.76. The topological polar surface area (TPSA) is 35.9 Å². The average molecular weight is 256 g/mol. The van der Waals surface area contributed by atoms with E-state index >= 15 is 0 Å². The molecule has 0 saturated carbocycles.